The summed E-state index contributed by atoms with van der Waals surface area (Å²) in [6, 6.07) is 5.67. The van der Waals surface area contributed by atoms with Crippen LogP contribution in [0, 0.1) is 0 Å². The van der Waals surface area contributed by atoms with Crippen molar-refractivity contribution < 1.29 is 0 Å². The van der Waals surface area contributed by atoms with E-state index in [4.69, 9.17) is 0 Å². The number of nitrogens with one attached hydrogen (secondary N) is 1. The molecule has 3 heteroatoms. The van der Waals surface area contributed by atoms with Gasteiger partial charge in [0, 0.05) is 13.2 Å². The van der Waals surface area contributed by atoms with Gasteiger partial charge in [-0.3, -0.25) is 9.98 Å². The molecule has 0 bridgehead atoms. The van der Waals surface area contributed by atoms with Crippen LogP contribution in [0.3, 0.4) is 0 Å². The molecule has 1 rings (SSSR count). The summed E-state index contributed by atoms with van der Waals surface area (Å²) in [5.74, 6) is 0.727. The van der Waals surface area contributed by atoms with Crippen LogP contribution in [0.15, 0.2) is 42.2 Å². The van der Waals surface area contributed by atoms with E-state index in [9.17, 15) is 0 Å². The molecule has 1 aromatic heterocycles. The highest BCUT2D eigenvalue weighted by molar-refractivity contribution is 5.97. The second-order valence-electron chi connectivity index (χ2n) is 2.14. The maximum atomic E-state index is 4.13. The van der Waals surface area contributed by atoms with E-state index in [2.05, 4.69) is 21.9 Å². The SMILES string of the molecule is C=CN/C(=N\C)c1ccccn1. The smallest absolute Gasteiger partial charge is 0.150 e. The highest BCUT2D eigenvalue weighted by Crippen LogP contribution is 1.93. The van der Waals surface area contributed by atoms with E-state index in [1.54, 1.807) is 19.4 Å². The topological polar surface area (TPSA) is 37.3 Å². The first-order chi connectivity index (χ1) is 5.88. The summed E-state index contributed by atoms with van der Waals surface area (Å²) in [4.78, 5) is 8.15. The minimum atomic E-state index is 0.727. The molecule has 0 radical (unpaired) electrons. The molecule has 0 aliphatic carbocycles. The summed E-state index contributed by atoms with van der Waals surface area (Å²) >= 11 is 0. The molecule has 0 atom stereocenters. The zero-order valence-corrected chi connectivity index (χ0v) is 6.99. The molecule has 0 aliphatic rings. The van der Waals surface area contributed by atoms with E-state index >= 15 is 0 Å². The first-order valence-corrected chi connectivity index (χ1v) is 3.64. The van der Waals surface area contributed by atoms with E-state index in [0.29, 0.717) is 0 Å². The summed E-state index contributed by atoms with van der Waals surface area (Å²) < 4.78 is 0. The lowest BCUT2D eigenvalue weighted by molar-refractivity contribution is 1.18. The average molecular weight is 161 g/mol. The summed E-state index contributed by atoms with van der Waals surface area (Å²) in [5.41, 5.74) is 0.819. The summed E-state index contributed by atoms with van der Waals surface area (Å²) in [6.45, 7) is 3.55. The highest BCUT2D eigenvalue weighted by atomic mass is 15.0. The number of aliphatic imine (C=N–C) groups is 1. The first kappa shape index (κ1) is 8.46. The number of rotatable bonds is 2. The molecule has 0 aliphatic heterocycles. The van der Waals surface area contributed by atoms with Gasteiger partial charge in [-0.2, -0.15) is 0 Å². The van der Waals surface area contributed by atoms with E-state index < -0.39 is 0 Å². The van der Waals surface area contributed by atoms with Crippen molar-refractivity contribution in [2.24, 2.45) is 4.99 Å². The van der Waals surface area contributed by atoms with Crippen LogP contribution in [-0.2, 0) is 0 Å². The van der Waals surface area contributed by atoms with Gasteiger partial charge >= 0.3 is 0 Å². The number of amidine groups is 1. The maximum Gasteiger partial charge on any atom is 0.150 e. The third-order valence-electron chi connectivity index (χ3n) is 1.37. The summed E-state index contributed by atoms with van der Waals surface area (Å²) in [5, 5.41) is 2.90. The summed E-state index contributed by atoms with van der Waals surface area (Å²) in [6.07, 6.45) is 3.31. The molecule has 0 aromatic carbocycles. The molecule has 1 heterocycles. The van der Waals surface area contributed by atoms with E-state index in [-0.39, 0.29) is 0 Å². The number of nitrogens with zero attached hydrogens (tertiary/aromatic N) is 2. The van der Waals surface area contributed by atoms with Crippen molar-refractivity contribution in [3.8, 4) is 0 Å². The van der Waals surface area contributed by atoms with Crippen LogP contribution in [0.25, 0.3) is 0 Å². The van der Waals surface area contributed by atoms with Gasteiger partial charge in [0.05, 0.1) is 0 Å². The van der Waals surface area contributed by atoms with Crippen molar-refractivity contribution in [2.45, 2.75) is 0 Å². The van der Waals surface area contributed by atoms with Gasteiger partial charge < -0.3 is 5.32 Å². The summed E-state index contributed by atoms with van der Waals surface area (Å²) in [7, 11) is 1.71. The molecule has 0 spiro atoms. The number of pyridine rings is 1. The second-order valence-corrected chi connectivity index (χ2v) is 2.14. The molecule has 12 heavy (non-hydrogen) atoms. The fraction of sp³-hybridized carbons (Fsp3) is 0.111. The van der Waals surface area contributed by atoms with Crippen LogP contribution in [-0.4, -0.2) is 17.9 Å². The molecule has 0 unspecified atom stereocenters. The zero-order chi connectivity index (χ0) is 8.81. The van der Waals surface area contributed by atoms with E-state index in [1.165, 1.54) is 0 Å². The van der Waals surface area contributed by atoms with Crippen LogP contribution >= 0.6 is 0 Å². The molecular weight excluding hydrogens is 150 g/mol. The van der Waals surface area contributed by atoms with Crippen molar-refractivity contribution in [1.82, 2.24) is 10.3 Å². The molecule has 3 nitrogen and oxygen atoms in total. The Bertz CT molecular complexity index is 277. The van der Waals surface area contributed by atoms with Crippen molar-refractivity contribution in [3.63, 3.8) is 0 Å². The number of aromatic nitrogens is 1. The lowest BCUT2D eigenvalue weighted by Crippen LogP contribution is -2.19. The monoisotopic (exact) mass is 161 g/mol. The average Bonchev–Trinajstić information content (AvgIpc) is 2.15. The lowest BCUT2D eigenvalue weighted by Gasteiger charge is -2.02. The minimum absolute atomic E-state index is 0.727. The molecular formula is C9H11N3. The Balaban J connectivity index is 2.88. The van der Waals surface area contributed by atoms with Gasteiger partial charge in [-0.15, -0.1) is 0 Å². The van der Waals surface area contributed by atoms with Crippen molar-refractivity contribution in [1.29, 1.82) is 0 Å². The van der Waals surface area contributed by atoms with Gasteiger partial charge in [0.1, 0.15) is 5.69 Å². The fourth-order valence-corrected chi connectivity index (χ4v) is 0.853. The quantitative estimate of drug-likeness (QED) is 0.522. The van der Waals surface area contributed by atoms with Gasteiger partial charge in [0.25, 0.3) is 0 Å². The molecule has 1 aromatic rings. The van der Waals surface area contributed by atoms with Gasteiger partial charge in [-0.05, 0) is 18.3 Å². The third kappa shape index (κ3) is 1.92. The van der Waals surface area contributed by atoms with E-state index in [0.717, 1.165) is 11.5 Å². The van der Waals surface area contributed by atoms with Crippen LogP contribution in [0.2, 0.25) is 0 Å². The van der Waals surface area contributed by atoms with E-state index in [1.807, 2.05) is 18.2 Å². The third-order valence-corrected chi connectivity index (χ3v) is 1.37. The molecule has 62 valence electrons. The van der Waals surface area contributed by atoms with Gasteiger partial charge in [-0.1, -0.05) is 12.6 Å². The van der Waals surface area contributed by atoms with Crippen LogP contribution < -0.4 is 5.32 Å². The Morgan fingerprint density at radius 2 is 2.50 bits per heavy atom. The molecule has 0 amide bonds. The van der Waals surface area contributed by atoms with Gasteiger partial charge in [0.2, 0.25) is 0 Å². The Labute approximate surface area is 71.9 Å². The largest absolute Gasteiger partial charge is 0.346 e. The Kier molecular flexibility index (Phi) is 3.02. The lowest BCUT2D eigenvalue weighted by atomic mass is 10.3. The van der Waals surface area contributed by atoms with Crippen LogP contribution in [0.4, 0.5) is 0 Å². The molecule has 1 N–H and O–H groups in total. The first-order valence-electron chi connectivity index (χ1n) is 3.64. The zero-order valence-electron chi connectivity index (χ0n) is 6.99. The van der Waals surface area contributed by atoms with Crippen LogP contribution in [0.1, 0.15) is 5.69 Å². The van der Waals surface area contributed by atoms with Crippen molar-refractivity contribution >= 4 is 5.84 Å². The highest BCUT2D eigenvalue weighted by Gasteiger charge is 1.98. The van der Waals surface area contributed by atoms with Crippen molar-refractivity contribution in [3.05, 3.63) is 42.9 Å². The normalized spacial score (nSPS) is 10.9. The minimum Gasteiger partial charge on any atom is -0.346 e. The number of hydrogen-bond acceptors (Lipinski definition) is 2. The standard InChI is InChI=1S/C9H11N3/c1-3-11-9(10-2)8-6-4-5-7-12-8/h3-7H,1H2,2H3,(H,10,11). The van der Waals surface area contributed by atoms with Crippen LogP contribution in [0.5, 0.6) is 0 Å². The predicted octanol–water partition coefficient (Wildman–Crippen LogP) is 1.19. The predicted molar refractivity (Wildman–Crippen MR) is 50.0 cm³/mol. The molecule has 0 saturated heterocycles. The Morgan fingerprint density at radius 3 is 3.00 bits per heavy atom. The Morgan fingerprint density at radius 1 is 1.67 bits per heavy atom. The molecule has 0 fully saturated rings. The Hall–Kier alpha value is -1.64. The number of hydrogen-bond donors (Lipinski definition) is 1. The van der Waals surface area contributed by atoms with Crippen molar-refractivity contribution in [2.75, 3.05) is 7.05 Å². The fourth-order valence-electron chi connectivity index (χ4n) is 0.853. The van der Waals surface area contributed by atoms with Gasteiger partial charge in [-0.25, -0.2) is 0 Å². The molecule has 0 saturated carbocycles. The maximum absolute atomic E-state index is 4.13. The van der Waals surface area contributed by atoms with Gasteiger partial charge in [0.15, 0.2) is 5.84 Å². The second kappa shape index (κ2) is 4.28.